The number of nitrogens with zero attached hydrogens (tertiary/aromatic N) is 3. The highest BCUT2D eigenvalue weighted by Gasteiger charge is 2.25. The number of amides is 2. The summed E-state index contributed by atoms with van der Waals surface area (Å²) in [6, 6.07) is 18.3. The van der Waals surface area contributed by atoms with E-state index in [2.05, 4.69) is 25.5 Å². The van der Waals surface area contributed by atoms with E-state index in [1.54, 1.807) is 24.3 Å². The van der Waals surface area contributed by atoms with Crippen LogP contribution in [0.1, 0.15) is 24.9 Å². The van der Waals surface area contributed by atoms with Gasteiger partial charge in [0, 0.05) is 31.4 Å². The van der Waals surface area contributed by atoms with Crippen LogP contribution >= 0.6 is 0 Å². The first-order chi connectivity index (χ1) is 21.1. The molecule has 6 rings (SSSR count). The summed E-state index contributed by atoms with van der Waals surface area (Å²) in [5, 5.41) is 6.41. The quantitative estimate of drug-likeness (QED) is 0.243. The first-order valence-corrected chi connectivity index (χ1v) is 14.5. The number of benzene rings is 3. The van der Waals surface area contributed by atoms with Crippen molar-refractivity contribution in [3.8, 4) is 28.9 Å². The molecule has 4 aromatic rings. The van der Waals surface area contributed by atoms with E-state index < -0.39 is 0 Å². The lowest BCUT2D eigenvalue weighted by atomic mass is 10.1. The van der Waals surface area contributed by atoms with Crippen LogP contribution in [-0.4, -0.2) is 73.6 Å². The van der Waals surface area contributed by atoms with Crippen molar-refractivity contribution in [2.24, 2.45) is 0 Å². The molecule has 1 fully saturated rings. The lowest BCUT2D eigenvalue weighted by Gasteiger charge is -2.26. The summed E-state index contributed by atoms with van der Waals surface area (Å²) in [7, 11) is 0. The van der Waals surface area contributed by atoms with Gasteiger partial charge in [0.05, 0.1) is 31.4 Å². The van der Waals surface area contributed by atoms with Crippen LogP contribution in [0.4, 0.5) is 10.5 Å². The van der Waals surface area contributed by atoms with Crippen LogP contribution in [0.3, 0.4) is 0 Å². The maximum absolute atomic E-state index is 12.5. The SMILES string of the molecule is CC(NC(=O)Nc1ccc(Oc2ncnc3cc(OCCCN4CCOCC4)c4c(c23)OCCO4)cc1)c1ccccc1. The molecular weight excluding hydrogens is 550 g/mol. The van der Waals surface area contributed by atoms with Crippen molar-refractivity contribution in [1.82, 2.24) is 20.2 Å². The Labute approximate surface area is 250 Å². The largest absolute Gasteiger partial charge is 0.489 e. The van der Waals surface area contributed by atoms with Gasteiger partial charge >= 0.3 is 6.03 Å². The Morgan fingerprint density at radius 2 is 1.74 bits per heavy atom. The number of morpholine rings is 1. The molecular formula is C32H35N5O6. The van der Waals surface area contributed by atoms with Gasteiger partial charge in [-0.05, 0) is 43.2 Å². The number of carbonyl (C=O) groups excluding carboxylic acids is 1. The highest BCUT2D eigenvalue weighted by atomic mass is 16.6. The minimum absolute atomic E-state index is 0.131. The third-order valence-electron chi connectivity index (χ3n) is 7.30. The minimum atomic E-state index is -0.297. The topological polar surface area (TPSA) is 116 Å². The average molecular weight is 586 g/mol. The predicted octanol–water partition coefficient (Wildman–Crippen LogP) is 5.18. The fourth-order valence-corrected chi connectivity index (χ4v) is 5.07. The molecule has 0 radical (unpaired) electrons. The van der Waals surface area contributed by atoms with Gasteiger partial charge in [-0.1, -0.05) is 30.3 Å². The van der Waals surface area contributed by atoms with Crippen molar-refractivity contribution >= 4 is 22.6 Å². The lowest BCUT2D eigenvalue weighted by Crippen LogP contribution is -2.37. The number of aromatic nitrogens is 2. The van der Waals surface area contributed by atoms with Crippen LogP contribution in [0.15, 0.2) is 67.0 Å². The van der Waals surface area contributed by atoms with Crippen molar-refractivity contribution < 1.29 is 28.5 Å². The summed E-state index contributed by atoms with van der Waals surface area (Å²) in [4.78, 5) is 23.8. The lowest BCUT2D eigenvalue weighted by molar-refractivity contribution is 0.0357. The smallest absolute Gasteiger partial charge is 0.319 e. The summed E-state index contributed by atoms with van der Waals surface area (Å²) in [6.07, 6.45) is 2.33. The van der Waals surface area contributed by atoms with E-state index in [-0.39, 0.29) is 12.1 Å². The highest BCUT2D eigenvalue weighted by molar-refractivity contribution is 5.94. The molecule has 1 unspecified atom stereocenters. The number of nitrogens with one attached hydrogen (secondary N) is 2. The molecule has 1 saturated heterocycles. The molecule has 1 aromatic heterocycles. The summed E-state index contributed by atoms with van der Waals surface area (Å²) in [6.45, 7) is 7.69. The van der Waals surface area contributed by atoms with E-state index in [4.69, 9.17) is 23.7 Å². The standard InChI is InChI=1S/C32H35N5O6/c1-22(23-6-3-2-4-7-23)35-32(38)36-24-8-10-25(11-9-24)43-31-28-26(33-21-34-31)20-27(29-30(28)42-19-18-41-29)40-15-5-12-37-13-16-39-17-14-37/h2-4,6-11,20-22H,5,12-19H2,1H3,(H2,35,36,38). The Kier molecular flexibility index (Phi) is 9.00. The molecule has 3 heterocycles. The van der Waals surface area contributed by atoms with Crippen molar-refractivity contribution in [1.29, 1.82) is 0 Å². The first-order valence-electron chi connectivity index (χ1n) is 14.5. The molecule has 0 spiro atoms. The number of fused-ring (bicyclic) bond motifs is 3. The van der Waals surface area contributed by atoms with Gasteiger partial charge < -0.3 is 34.3 Å². The summed E-state index contributed by atoms with van der Waals surface area (Å²) in [5.74, 6) is 2.49. The van der Waals surface area contributed by atoms with Crippen molar-refractivity contribution in [3.05, 3.63) is 72.6 Å². The molecule has 2 N–H and O–H groups in total. The number of hydrogen-bond acceptors (Lipinski definition) is 9. The number of rotatable bonds is 10. The molecule has 11 heteroatoms. The molecule has 2 aliphatic heterocycles. The summed E-state index contributed by atoms with van der Waals surface area (Å²) >= 11 is 0. The maximum atomic E-state index is 12.5. The zero-order chi connectivity index (χ0) is 29.4. The van der Waals surface area contributed by atoms with Crippen molar-refractivity contribution in [2.45, 2.75) is 19.4 Å². The van der Waals surface area contributed by atoms with Gasteiger partial charge in [0.25, 0.3) is 0 Å². The second-order valence-electron chi connectivity index (χ2n) is 10.3. The van der Waals surface area contributed by atoms with Crippen LogP contribution in [0.5, 0.6) is 28.9 Å². The second kappa shape index (κ2) is 13.6. The Bertz CT molecular complexity index is 1530. The van der Waals surface area contributed by atoms with Gasteiger partial charge in [0.1, 0.15) is 30.7 Å². The monoisotopic (exact) mass is 585 g/mol. The van der Waals surface area contributed by atoms with Crippen LogP contribution < -0.4 is 29.6 Å². The Morgan fingerprint density at radius 3 is 2.53 bits per heavy atom. The molecule has 224 valence electrons. The molecule has 0 aliphatic carbocycles. The molecule has 0 saturated carbocycles. The van der Waals surface area contributed by atoms with Gasteiger partial charge in [-0.2, -0.15) is 0 Å². The average Bonchev–Trinajstić information content (AvgIpc) is 3.05. The summed E-state index contributed by atoms with van der Waals surface area (Å²) < 4.78 is 29.8. The molecule has 11 nitrogen and oxygen atoms in total. The zero-order valence-electron chi connectivity index (χ0n) is 24.1. The van der Waals surface area contributed by atoms with Crippen molar-refractivity contribution in [3.63, 3.8) is 0 Å². The van der Waals surface area contributed by atoms with Gasteiger partial charge in [-0.15, -0.1) is 0 Å². The Hall–Kier alpha value is -4.61. The van der Waals surface area contributed by atoms with E-state index in [0.717, 1.165) is 44.8 Å². The van der Waals surface area contributed by atoms with Crippen LogP contribution in [0.25, 0.3) is 10.9 Å². The molecule has 43 heavy (non-hydrogen) atoms. The van der Waals surface area contributed by atoms with Gasteiger partial charge in [0.2, 0.25) is 11.6 Å². The van der Waals surface area contributed by atoms with Crippen LogP contribution in [-0.2, 0) is 4.74 Å². The number of urea groups is 1. The number of anilines is 1. The number of carbonyl (C=O) groups is 1. The Morgan fingerprint density at radius 1 is 0.977 bits per heavy atom. The minimum Gasteiger partial charge on any atom is -0.489 e. The van der Waals surface area contributed by atoms with Crippen molar-refractivity contribution in [2.75, 3.05) is 58.0 Å². The van der Waals surface area contributed by atoms with E-state index in [1.807, 2.05) is 43.3 Å². The van der Waals surface area contributed by atoms with E-state index in [0.29, 0.717) is 65.3 Å². The number of hydrogen-bond donors (Lipinski definition) is 2. The van der Waals surface area contributed by atoms with E-state index >= 15 is 0 Å². The fourth-order valence-electron chi connectivity index (χ4n) is 5.07. The first kappa shape index (κ1) is 28.5. The molecule has 0 bridgehead atoms. The maximum Gasteiger partial charge on any atom is 0.319 e. The van der Waals surface area contributed by atoms with Crippen LogP contribution in [0.2, 0.25) is 0 Å². The normalized spacial score (nSPS) is 15.5. The Balaban J connectivity index is 1.12. The number of ether oxygens (including phenoxy) is 5. The fraction of sp³-hybridized carbons (Fsp3) is 0.344. The third-order valence-corrected chi connectivity index (χ3v) is 7.30. The molecule has 2 aliphatic rings. The highest BCUT2D eigenvalue weighted by Crippen LogP contribution is 2.47. The van der Waals surface area contributed by atoms with Crippen LogP contribution in [0, 0.1) is 0 Å². The molecule has 3 aromatic carbocycles. The van der Waals surface area contributed by atoms with Gasteiger partial charge in [0.15, 0.2) is 11.5 Å². The van der Waals surface area contributed by atoms with Gasteiger partial charge in [-0.3, -0.25) is 4.90 Å². The summed E-state index contributed by atoms with van der Waals surface area (Å²) in [5.41, 5.74) is 2.28. The zero-order valence-corrected chi connectivity index (χ0v) is 24.1. The third kappa shape index (κ3) is 7.07. The molecule has 1 atom stereocenters. The van der Waals surface area contributed by atoms with Gasteiger partial charge in [-0.25, -0.2) is 14.8 Å². The predicted molar refractivity (Wildman–Crippen MR) is 161 cm³/mol. The molecule has 2 amide bonds. The second-order valence-corrected chi connectivity index (χ2v) is 10.3. The van der Waals surface area contributed by atoms with E-state index in [9.17, 15) is 4.79 Å². The van der Waals surface area contributed by atoms with E-state index in [1.165, 1.54) is 6.33 Å².